The first kappa shape index (κ1) is 5.76. The van der Waals surface area contributed by atoms with E-state index in [1.54, 1.807) is 25.7 Å². The summed E-state index contributed by atoms with van der Waals surface area (Å²) < 4.78 is 0. The van der Waals surface area contributed by atoms with Gasteiger partial charge < -0.3 is 0 Å². The molecule has 52 valence electrons. The van der Waals surface area contributed by atoms with Crippen molar-refractivity contribution in [2.45, 2.75) is 45.4 Å². The molecule has 0 spiro atoms. The lowest BCUT2D eigenvalue weighted by Gasteiger charge is -2.44. The van der Waals surface area contributed by atoms with Crippen molar-refractivity contribution >= 4 is 0 Å². The van der Waals surface area contributed by atoms with Gasteiger partial charge in [-0.05, 0) is 37.0 Å². The third kappa shape index (κ3) is 0.595. The van der Waals surface area contributed by atoms with Crippen molar-refractivity contribution in [3.63, 3.8) is 0 Å². The maximum atomic E-state index is 2.37. The van der Waals surface area contributed by atoms with Crippen molar-refractivity contribution in [1.29, 1.82) is 0 Å². The van der Waals surface area contributed by atoms with E-state index in [0.29, 0.717) is 0 Å². The molecule has 0 aromatic rings. The molecule has 0 nitrogen and oxygen atoms in total. The topological polar surface area (TPSA) is 0 Å². The van der Waals surface area contributed by atoms with E-state index in [9.17, 15) is 0 Å². The van der Waals surface area contributed by atoms with Crippen molar-refractivity contribution in [2.24, 2.45) is 11.3 Å². The second kappa shape index (κ2) is 1.74. The van der Waals surface area contributed by atoms with Gasteiger partial charge in [0.25, 0.3) is 0 Å². The minimum Gasteiger partial charge on any atom is -0.0648 e. The minimum absolute atomic E-state index is 0.875. The van der Waals surface area contributed by atoms with Crippen molar-refractivity contribution < 1.29 is 0 Å². The Labute approximate surface area is 57.6 Å². The highest BCUT2D eigenvalue weighted by Gasteiger charge is 2.47. The quantitative estimate of drug-likeness (QED) is 0.504. The van der Waals surface area contributed by atoms with E-state index in [-0.39, 0.29) is 0 Å². The molecule has 0 aromatic carbocycles. The summed E-state index contributed by atoms with van der Waals surface area (Å²) in [4.78, 5) is 0. The Bertz CT molecular complexity index is 113. The van der Waals surface area contributed by atoms with Crippen molar-refractivity contribution in [3.05, 3.63) is 0 Å². The SMILES string of the molecule is CC[C@@]12CCCC1CC2. The number of hydrogen-bond donors (Lipinski definition) is 0. The van der Waals surface area contributed by atoms with Crippen LogP contribution in [0.2, 0.25) is 0 Å². The Morgan fingerprint density at radius 1 is 1.33 bits per heavy atom. The molecule has 2 aliphatic rings. The van der Waals surface area contributed by atoms with E-state index >= 15 is 0 Å². The average Bonchev–Trinajstić information content (AvgIpc) is 2.10. The Kier molecular flexibility index (Phi) is 1.12. The molecule has 0 radical (unpaired) electrons. The summed E-state index contributed by atoms with van der Waals surface area (Å²) in [5.41, 5.74) is 0.875. The predicted octanol–water partition coefficient (Wildman–Crippen LogP) is 2.98. The van der Waals surface area contributed by atoms with Gasteiger partial charge in [0.05, 0.1) is 0 Å². The van der Waals surface area contributed by atoms with Crippen LogP contribution in [0.25, 0.3) is 0 Å². The Morgan fingerprint density at radius 2 is 2.22 bits per heavy atom. The largest absolute Gasteiger partial charge is 0.0648 e. The summed E-state index contributed by atoms with van der Waals surface area (Å²) in [7, 11) is 0. The predicted molar refractivity (Wildman–Crippen MR) is 39.3 cm³/mol. The van der Waals surface area contributed by atoms with Gasteiger partial charge in [-0.15, -0.1) is 0 Å². The van der Waals surface area contributed by atoms with Crippen LogP contribution in [0.15, 0.2) is 0 Å². The highest BCUT2D eigenvalue weighted by molar-refractivity contribution is 4.98. The fourth-order valence-corrected chi connectivity index (χ4v) is 2.88. The van der Waals surface area contributed by atoms with Crippen LogP contribution in [0, 0.1) is 11.3 Å². The molecule has 1 unspecified atom stereocenters. The molecule has 0 bridgehead atoms. The highest BCUT2D eigenvalue weighted by atomic mass is 14.5. The van der Waals surface area contributed by atoms with E-state index in [2.05, 4.69) is 6.92 Å². The molecular weight excluding hydrogens is 108 g/mol. The molecule has 2 atom stereocenters. The standard InChI is InChI=1S/C9H16/c1-2-9-6-3-4-8(9)5-7-9/h8H,2-7H2,1H3/t8?,9-/m0/s1. The van der Waals surface area contributed by atoms with Crippen LogP contribution in [-0.2, 0) is 0 Å². The van der Waals surface area contributed by atoms with E-state index in [1.165, 1.54) is 12.8 Å². The smallest absolute Gasteiger partial charge is 0.0272 e. The molecule has 0 heterocycles. The van der Waals surface area contributed by atoms with E-state index < -0.39 is 0 Å². The van der Waals surface area contributed by atoms with Crippen LogP contribution in [0.3, 0.4) is 0 Å². The molecule has 2 aliphatic carbocycles. The van der Waals surface area contributed by atoms with Gasteiger partial charge in [0, 0.05) is 0 Å². The fourth-order valence-electron chi connectivity index (χ4n) is 2.88. The lowest BCUT2D eigenvalue weighted by atomic mass is 9.61. The second-order valence-corrected chi connectivity index (χ2v) is 3.84. The van der Waals surface area contributed by atoms with Gasteiger partial charge in [0.2, 0.25) is 0 Å². The van der Waals surface area contributed by atoms with Crippen LogP contribution in [0.1, 0.15) is 45.4 Å². The van der Waals surface area contributed by atoms with Gasteiger partial charge in [0.15, 0.2) is 0 Å². The van der Waals surface area contributed by atoms with E-state index in [1.807, 2.05) is 0 Å². The fraction of sp³-hybridized carbons (Fsp3) is 1.00. The maximum Gasteiger partial charge on any atom is -0.0272 e. The van der Waals surface area contributed by atoms with Gasteiger partial charge >= 0.3 is 0 Å². The van der Waals surface area contributed by atoms with Gasteiger partial charge in [-0.1, -0.05) is 19.8 Å². The van der Waals surface area contributed by atoms with Crippen LogP contribution in [0.4, 0.5) is 0 Å². The Balaban J connectivity index is 2.10. The Hall–Kier alpha value is 0. The lowest BCUT2D eigenvalue weighted by molar-refractivity contribution is 0.0601. The molecule has 0 aromatic heterocycles. The summed E-state index contributed by atoms with van der Waals surface area (Å²) in [6, 6.07) is 0. The van der Waals surface area contributed by atoms with E-state index in [4.69, 9.17) is 0 Å². The molecule has 0 N–H and O–H groups in total. The molecule has 2 rings (SSSR count). The maximum absolute atomic E-state index is 2.37. The molecular formula is C9H16. The first-order chi connectivity index (χ1) is 4.37. The minimum atomic E-state index is 0.875. The highest BCUT2D eigenvalue weighted by Crippen LogP contribution is 2.59. The second-order valence-electron chi connectivity index (χ2n) is 3.84. The van der Waals surface area contributed by atoms with Crippen LogP contribution in [-0.4, -0.2) is 0 Å². The monoisotopic (exact) mass is 124 g/mol. The third-order valence-corrected chi connectivity index (χ3v) is 3.79. The van der Waals surface area contributed by atoms with Gasteiger partial charge in [-0.25, -0.2) is 0 Å². The number of rotatable bonds is 1. The van der Waals surface area contributed by atoms with Crippen molar-refractivity contribution in [2.75, 3.05) is 0 Å². The zero-order valence-electron chi connectivity index (χ0n) is 6.32. The molecule has 0 aliphatic heterocycles. The van der Waals surface area contributed by atoms with Gasteiger partial charge in [0.1, 0.15) is 0 Å². The number of fused-ring (bicyclic) bond motifs is 1. The number of hydrogen-bond acceptors (Lipinski definition) is 0. The molecule has 9 heavy (non-hydrogen) atoms. The van der Waals surface area contributed by atoms with Crippen LogP contribution in [0.5, 0.6) is 0 Å². The molecule has 2 fully saturated rings. The molecule has 0 saturated heterocycles. The van der Waals surface area contributed by atoms with Gasteiger partial charge in [-0.3, -0.25) is 0 Å². The summed E-state index contributed by atoms with van der Waals surface area (Å²) in [6.07, 6.45) is 9.18. The zero-order valence-corrected chi connectivity index (χ0v) is 6.32. The average molecular weight is 124 g/mol. The summed E-state index contributed by atoms with van der Waals surface area (Å²) in [5, 5.41) is 0. The normalized spacial score (nSPS) is 48.3. The zero-order chi connectivity index (χ0) is 6.32. The molecule has 0 amide bonds. The lowest BCUT2D eigenvalue weighted by Crippen LogP contribution is -2.34. The van der Waals surface area contributed by atoms with E-state index in [0.717, 1.165) is 11.3 Å². The first-order valence-electron chi connectivity index (χ1n) is 4.37. The van der Waals surface area contributed by atoms with Crippen LogP contribution < -0.4 is 0 Å². The summed E-state index contributed by atoms with van der Waals surface area (Å²) >= 11 is 0. The molecule has 0 heteroatoms. The first-order valence-corrected chi connectivity index (χ1v) is 4.37. The van der Waals surface area contributed by atoms with Crippen molar-refractivity contribution in [3.8, 4) is 0 Å². The van der Waals surface area contributed by atoms with Crippen molar-refractivity contribution in [1.82, 2.24) is 0 Å². The summed E-state index contributed by atoms with van der Waals surface area (Å²) in [6.45, 7) is 2.37. The molecule has 2 saturated carbocycles. The third-order valence-electron chi connectivity index (χ3n) is 3.79. The van der Waals surface area contributed by atoms with Crippen LogP contribution >= 0.6 is 0 Å². The summed E-state index contributed by atoms with van der Waals surface area (Å²) in [5.74, 6) is 1.16. The van der Waals surface area contributed by atoms with Gasteiger partial charge in [-0.2, -0.15) is 0 Å². The Morgan fingerprint density at radius 3 is 2.56 bits per heavy atom.